The molecular formula is C70H82F8I2N8O48P8. The van der Waals surface area contributed by atoms with Gasteiger partial charge in [0.2, 0.25) is 0 Å². The van der Waals surface area contributed by atoms with Crippen molar-refractivity contribution in [3.63, 3.8) is 0 Å². The number of phosphoric ester groups is 4. The number of phosphoric acid groups is 8. The molecule has 20 atom stereocenters. The summed E-state index contributed by atoms with van der Waals surface area (Å²) in [6.45, 7) is -4.85. The second-order valence-corrected chi connectivity index (χ2v) is 44.3. The number of ether oxygens (including phenoxy) is 4. The molecule has 20 N–H and O–H groups in total. The van der Waals surface area contributed by atoms with Crippen LogP contribution in [0.4, 0.5) is 35.1 Å². The van der Waals surface area contributed by atoms with Crippen molar-refractivity contribution >= 4 is 108 Å². The lowest BCUT2D eigenvalue weighted by Crippen LogP contribution is -2.46. The molecule has 8 unspecified atom stereocenters. The Morgan fingerprint density at radius 3 is 0.840 bits per heavy atom. The zero-order valence-corrected chi connectivity index (χ0v) is 83.6. The number of nitrogens with zero attached hydrogens (tertiary/aromatic N) is 8. The van der Waals surface area contributed by atoms with Crippen molar-refractivity contribution in [2.45, 2.75) is 163 Å². The Hall–Kier alpha value is -6.94. The van der Waals surface area contributed by atoms with E-state index in [0.29, 0.717) is 25.8 Å². The standard InChI is InChI=1S/2C18H22F2N2O12P2.2C17H19F2IN2O12P2/c1-9-7-22(18(26)21(16(9)25)5-4-10-2-3-11(19)6-12(10)20)17-15(24)14(23)13(33-17)8-32-36(30,31)34-35(27,28)29;1-10-7-21(17(26)22(15(10)25)9-18(19,20)11-5-3-2-4-6-11)16-14(24)13(23)12(33-16)8-32-36(30,31)34-35(27,28)29;18-9-2-1-8(10(19)5-9)3-4-21-15(25)11(20)6-22(17(21)26)16-14(24)13(23)12(33-16)7-32-36(30,31)34-35(27,28)29;18-17(19,9-4-2-1-3-5-9)8-22-14(25)10(20)6-21(16(22)26)15-13(24)12(23)11(33-15)7-32-36(30,31)34-35(27,28)29/h2-3,6-7,13-15,17,23-24H,4-5,8H2,1H3,(H,30,31)(H2,27,28,29);2-7,12-14,16,23-24H,8-9H2,1H3,(H,30,31)(H2,27,28,29);1-2,5-6,12-14,16,23-24H,3-4,7H2,(H,30,31)(H2,27,28,29);1-6,11-13,15,23-24H,7-8H2,(H,30,31)(H2,27,28,29)/t13-,14+,15?,17-;2*12-,13+,14?,16-;11-,12+,13?,15-/m1111/s1. The molecule has 800 valence electrons. The van der Waals surface area contributed by atoms with E-state index in [0.717, 1.165) is 87.0 Å². The molecule has 0 amide bonds. The molecule has 144 heavy (non-hydrogen) atoms. The highest BCUT2D eigenvalue weighted by molar-refractivity contribution is 14.1. The van der Waals surface area contributed by atoms with Gasteiger partial charge in [0, 0.05) is 72.3 Å². The van der Waals surface area contributed by atoms with Crippen LogP contribution in [0.1, 0.15) is 58.3 Å². The minimum atomic E-state index is -5.43. The highest BCUT2D eigenvalue weighted by atomic mass is 127. The highest BCUT2D eigenvalue weighted by Crippen LogP contribution is 2.61. The highest BCUT2D eigenvalue weighted by Gasteiger charge is 2.52. The van der Waals surface area contributed by atoms with Gasteiger partial charge >= 0.3 is 85.3 Å². The first kappa shape index (κ1) is 121. The molecule has 4 saturated heterocycles. The summed E-state index contributed by atoms with van der Waals surface area (Å²) < 4.78 is 260. The Bertz CT molecular complexity index is 6530. The van der Waals surface area contributed by atoms with Crippen molar-refractivity contribution in [2.75, 3.05) is 26.4 Å². The van der Waals surface area contributed by atoms with Crippen LogP contribution in [-0.2, 0) is 142 Å². The van der Waals surface area contributed by atoms with E-state index in [1.54, 1.807) is 22.6 Å². The third-order valence-corrected chi connectivity index (χ3v) is 30.4. The molecule has 4 fully saturated rings. The molecule has 0 radical (unpaired) electrons. The number of alkyl halides is 4. The number of aliphatic hydroxyl groups is 8. The van der Waals surface area contributed by atoms with Crippen LogP contribution in [0.25, 0.3) is 0 Å². The second kappa shape index (κ2) is 48.1. The van der Waals surface area contributed by atoms with Gasteiger partial charge < -0.3 is 119 Å². The number of aliphatic hydroxyl groups excluding tert-OH is 8. The predicted molar refractivity (Wildman–Crippen MR) is 475 cm³/mol. The average molecular weight is 2460 g/mol. The van der Waals surface area contributed by atoms with Crippen LogP contribution in [0, 0.1) is 44.3 Å². The van der Waals surface area contributed by atoms with E-state index in [9.17, 15) is 170 Å². The van der Waals surface area contributed by atoms with Gasteiger partial charge in [-0.3, -0.25) is 73.8 Å². The van der Waals surface area contributed by atoms with Crippen LogP contribution in [0.5, 0.6) is 0 Å². The van der Waals surface area contributed by atoms with Gasteiger partial charge in [0.1, 0.15) is 96.5 Å². The number of aryl methyl sites for hydroxylation is 4. The van der Waals surface area contributed by atoms with Crippen molar-refractivity contribution in [2.24, 2.45) is 0 Å². The SMILES string of the molecule is Cc1cn([C@@H]2O[C@H](COP(=O)(O)OP(=O)(O)O)[C@H](O)C2O)c(=O)n(CC(F)(F)c2ccccc2)c1=O.Cc1cn([C@@H]2O[C@H](COP(=O)(O)OP(=O)(O)O)[C@H](O)C2O)c(=O)n(CCc2ccc(F)cc2F)c1=O.O=c1c(I)cn([C@@H]2O[C@H](COP(=O)(O)OP(=O)(O)O)[C@H](O)C2O)c(=O)n1CC(F)(F)c1ccccc1.O=c1c(I)cn([C@@H]2O[C@H](COP(=O)(O)OP(=O)(O)O)[C@H](O)C2O)c(=O)n1CCc1ccc(F)cc1F. The van der Waals surface area contributed by atoms with Gasteiger partial charge in [0.25, 0.3) is 34.1 Å². The number of halogens is 10. The number of rotatable bonds is 36. The molecule has 0 bridgehead atoms. The van der Waals surface area contributed by atoms with Crippen molar-refractivity contribution in [1.29, 1.82) is 0 Å². The Morgan fingerprint density at radius 2 is 0.576 bits per heavy atom. The summed E-state index contributed by atoms with van der Waals surface area (Å²) >= 11 is 3.08. The van der Waals surface area contributed by atoms with Gasteiger partial charge in [0.15, 0.2) is 24.9 Å². The lowest BCUT2D eigenvalue weighted by molar-refractivity contribution is -0.0571. The molecule has 12 rings (SSSR count). The van der Waals surface area contributed by atoms with E-state index in [4.69, 9.17) is 58.1 Å². The predicted octanol–water partition coefficient (Wildman–Crippen LogP) is -0.126. The summed E-state index contributed by atoms with van der Waals surface area (Å²) in [5, 5.41) is 82.4. The van der Waals surface area contributed by atoms with Crippen molar-refractivity contribution in [3.05, 3.63) is 269 Å². The quantitative estimate of drug-likeness (QED) is 0.0138. The van der Waals surface area contributed by atoms with E-state index < -0.39 is 291 Å². The van der Waals surface area contributed by atoms with Gasteiger partial charge in [-0.05, 0) is 95.1 Å². The monoisotopic (exact) mass is 2460 g/mol. The fraction of sp³-hybridized carbons (Fsp3) is 0.429. The summed E-state index contributed by atoms with van der Waals surface area (Å²) in [5.41, 5.74) is -9.23. The Balaban J connectivity index is 0.000000214. The maximum atomic E-state index is 14.8. The van der Waals surface area contributed by atoms with Gasteiger partial charge in [-0.25, -0.2) is 73.3 Å². The van der Waals surface area contributed by atoms with E-state index in [1.807, 2.05) is 0 Å². The van der Waals surface area contributed by atoms with Crippen LogP contribution >= 0.6 is 108 Å². The Kier molecular flexibility index (Phi) is 40.3. The zero-order chi connectivity index (χ0) is 108. The molecule has 4 aromatic carbocycles. The topological polar surface area (TPSA) is 828 Å². The molecule has 4 aromatic heterocycles. The minimum Gasteiger partial charge on any atom is -0.387 e. The lowest BCUT2D eigenvalue weighted by Gasteiger charge is -2.22. The van der Waals surface area contributed by atoms with Gasteiger partial charge in [-0.1, -0.05) is 72.8 Å². The Morgan fingerprint density at radius 1 is 0.340 bits per heavy atom. The van der Waals surface area contributed by atoms with E-state index in [2.05, 4.69) is 35.3 Å². The van der Waals surface area contributed by atoms with Gasteiger partial charge in [0.05, 0.1) is 46.7 Å². The molecule has 8 aromatic rings. The van der Waals surface area contributed by atoms with Crippen LogP contribution in [-0.4, -0.2) is 236 Å². The van der Waals surface area contributed by atoms with Crippen LogP contribution in [0.15, 0.2) is 160 Å². The number of benzene rings is 4. The largest absolute Gasteiger partial charge is 0.481 e. The first-order chi connectivity index (χ1) is 66.2. The fourth-order valence-electron chi connectivity index (χ4n) is 13.6. The molecular weight excluding hydrogens is 2370 g/mol. The van der Waals surface area contributed by atoms with Crippen LogP contribution < -0.4 is 45.0 Å². The second-order valence-electron chi connectivity index (χ2n) is 30.7. The summed E-state index contributed by atoms with van der Waals surface area (Å²) in [6, 6.07) is 18.5. The third kappa shape index (κ3) is 32.1. The van der Waals surface area contributed by atoms with Crippen LogP contribution in [0.2, 0.25) is 0 Å². The normalized spacial score (nSPS) is 24.3. The summed E-state index contributed by atoms with van der Waals surface area (Å²) in [7, 11) is -42.9. The summed E-state index contributed by atoms with van der Waals surface area (Å²) in [6.07, 6.45) is -24.4. The molecule has 0 saturated carbocycles. The van der Waals surface area contributed by atoms with Gasteiger partial charge in [-0.2, -0.15) is 34.8 Å². The molecule has 4 aliphatic heterocycles. The molecule has 0 spiro atoms. The smallest absolute Gasteiger partial charge is 0.387 e. The fourth-order valence-corrected chi connectivity index (χ4v) is 21.2. The van der Waals surface area contributed by atoms with Gasteiger partial charge in [-0.15, -0.1) is 0 Å². The van der Waals surface area contributed by atoms with Crippen LogP contribution in [0.3, 0.4) is 0 Å². The molecule has 8 heterocycles. The molecule has 74 heteroatoms. The maximum absolute atomic E-state index is 14.8. The first-order valence-electron chi connectivity index (χ1n) is 39.7. The number of hydrogen-bond acceptors (Lipinski definition) is 36. The maximum Gasteiger partial charge on any atom is 0.481 e. The Labute approximate surface area is 823 Å². The summed E-state index contributed by atoms with van der Waals surface area (Å²) in [4.78, 5) is 208. The van der Waals surface area contributed by atoms with E-state index in [-0.39, 0.29) is 64.5 Å². The molecule has 4 aliphatic rings. The summed E-state index contributed by atoms with van der Waals surface area (Å²) in [5.74, 6) is -10.6. The average Bonchev–Trinajstić information content (AvgIpc) is 1.57. The van der Waals surface area contributed by atoms with E-state index in [1.165, 1.54) is 72.8 Å². The third-order valence-electron chi connectivity index (χ3n) is 20.3. The van der Waals surface area contributed by atoms with E-state index >= 15 is 0 Å². The molecule has 0 aliphatic carbocycles. The zero-order valence-electron chi connectivity index (χ0n) is 72.2. The minimum absolute atomic E-state index is 0.00840. The molecule has 56 nitrogen and oxygen atoms in total. The number of aromatic nitrogens is 8. The first-order valence-corrected chi connectivity index (χ1v) is 54.0. The number of hydrogen-bond donors (Lipinski definition) is 20. The lowest BCUT2D eigenvalue weighted by atomic mass is 10.1. The van der Waals surface area contributed by atoms with Crippen molar-refractivity contribution in [3.8, 4) is 0 Å². The van der Waals surface area contributed by atoms with Crippen molar-refractivity contribution in [1.82, 2.24) is 36.5 Å². The van der Waals surface area contributed by atoms with Crippen molar-refractivity contribution < 1.29 is 226 Å².